The fourth-order valence-corrected chi connectivity index (χ4v) is 4.22. The van der Waals surface area contributed by atoms with Gasteiger partial charge in [0, 0.05) is 28.0 Å². The minimum Gasteiger partial charge on any atom is -0.347 e. The molecule has 3 N–H and O–H groups in total. The van der Waals surface area contributed by atoms with Crippen molar-refractivity contribution in [2.24, 2.45) is 5.92 Å². The Balaban J connectivity index is 1.45. The van der Waals surface area contributed by atoms with Crippen molar-refractivity contribution in [1.29, 1.82) is 0 Å². The SMILES string of the molecule is Cc1nc(N[C@@H](C)c2cc3cc(Cl)ccc3[nH]c2=O)nc(N2C(=O)NC[C@@H]2C2CC2)n1. The van der Waals surface area contributed by atoms with Crippen molar-refractivity contribution in [2.75, 3.05) is 16.8 Å². The minimum atomic E-state index is -0.381. The molecular formula is C21H22ClN7O2. The Hall–Kier alpha value is -3.20. The number of H-pyrrole nitrogens is 1. The molecule has 2 aliphatic rings. The Morgan fingerprint density at radius 2 is 2.00 bits per heavy atom. The lowest BCUT2D eigenvalue weighted by molar-refractivity contribution is 0.251. The van der Waals surface area contributed by atoms with Crippen LogP contribution >= 0.6 is 11.6 Å². The third kappa shape index (κ3) is 3.81. The maximum absolute atomic E-state index is 12.6. The van der Waals surface area contributed by atoms with Crippen LogP contribution in [0.3, 0.4) is 0 Å². The fraction of sp³-hybridized carbons (Fsp3) is 0.381. The number of nitrogens with one attached hydrogen (secondary N) is 3. The van der Waals surface area contributed by atoms with E-state index in [2.05, 4.69) is 30.6 Å². The van der Waals surface area contributed by atoms with Gasteiger partial charge in [0.05, 0.1) is 12.1 Å². The molecule has 2 aromatic heterocycles. The average Bonchev–Trinajstić information content (AvgIpc) is 3.49. The van der Waals surface area contributed by atoms with Crippen LogP contribution in [0.2, 0.25) is 5.02 Å². The standard InChI is InChI=1S/C21H22ClN7O2/c1-10(15-8-13-7-14(22)5-6-16(13)27-18(15)30)24-19-25-11(2)26-20(28-19)29-17(12-3-4-12)9-23-21(29)31/h5-8,10,12,17H,3-4,9H2,1-2H3,(H,23,31)(H,27,30)(H,24,25,26,28)/t10-,17+/m0/s1. The van der Waals surface area contributed by atoms with Crippen molar-refractivity contribution in [1.82, 2.24) is 25.3 Å². The number of carbonyl (C=O) groups is 1. The summed E-state index contributed by atoms with van der Waals surface area (Å²) in [7, 11) is 0. The van der Waals surface area contributed by atoms with Gasteiger partial charge in [-0.15, -0.1) is 0 Å². The van der Waals surface area contributed by atoms with Gasteiger partial charge in [0.2, 0.25) is 11.9 Å². The van der Waals surface area contributed by atoms with E-state index in [9.17, 15) is 9.59 Å². The summed E-state index contributed by atoms with van der Waals surface area (Å²) >= 11 is 6.10. The van der Waals surface area contributed by atoms with E-state index < -0.39 is 0 Å². The van der Waals surface area contributed by atoms with Gasteiger partial charge in [-0.3, -0.25) is 9.69 Å². The predicted molar refractivity (Wildman–Crippen MR) is 119 cm³/mol. The number of aromatic nitrogens is 4. The van der Waals surface area contributed by atoms with Crippen LogP contribution in [-0.2, 0) is 0 Å². The highest BCUT2D eigenvalue weighted by Crippen LogP contribution is 2.38. The Morgan fingerprint density at radius 1 is 1.19 bits per heavy atom. The quantitative estimate of drug-likeness (QED) is 0.562. The Morgan fingerprint density at radius 3 is 2.77 bits per heavy atom. The molecule has 1 aliphatic carbocycles. The first-order valence-corrected chi connectivity index (χ1v) is 10.7. The van der Waals surface area contributed by atoms with Crippen LogP contribution in [0.25, 0.3) is 10.9 Å². The van der Waals surface area contributed by atoms with E-state index >= 15 is 0 Å². The molecule has 2 atom stereocenters. The van der Waals surface area contributed by atoms with Crippen LogP contribution in [0.5, 0.6) is 0 Å². The smallest absolute Gasteiger partial charge is 0.324 e. The number of fused-ring (bicyclic) bond motifs is 1. The molecule has 0 spiro atoms. The van der Waals surface area contributed by atoms with E-state index in [1.54, 1.807) is 30.0 Å². The van der Waals surface area contributed by atoms with Crippen LogP contribution in [0.4, 0.5) is 16.7 Å². The summed E-state index contributed by atoms with van der Waals surface area (Å²) < 4.78 is 0. The number of pyridine rings is 1. The number of carbonyl (C=O) groups excluding carboxylic acids is 1. The molecule has 2 amide bonds. The van der Waals surface area contributed by atoms with Gasteiger partial charge in [-0.1, -0.05) is 11.6 Å². The summed E-state index contributed by atoms with van der Waals surface area (Å²) in [6.07, 6.45) is 2.22. The lowest BCUT2D eigenvalue weighted by atomic mass is 10.1. The molecule has 10 heteroatoms. The van der Waals surface area contributed by atoms with Gasteiger partial charge in [-0.2, -0.15) is 15.0 Å². The van der Waals surface area contributed by atoms with Gasteiger partial charge in [-0.25, -0.2) is 4.79 Å². The van der Waals surface area contributed by atoms with Crippen molar-refractivity contribution in [2.45, 2.75) is 38.8 Å². The van der Waals surface area contributed by atoms with Crippen LogP contribution < -0.4 is 21.1 Å². The van der Waals surface area contributed by atoms with Crippen LogP contribution in [0.15, 0.2) is 29.1 Å². The maximum Gasteiger partial charge on any atom is 0.324 e. The summed E-state index contributed by atoms with van der Waals surface area (Å²) in [6, 6.07) is 6.62. The second-order valence-electron chi connectivity index (χ2n) is 8.12. The van der Waals surface area contributed by atoms with Gasteiger partial charge in [0.1, 0.15) is 5.82 Å². The molecule has 1 saturated heterocycles. The van der Waals surface area contributed by atoms with Crippen molar-refractivity contribution in [3.8, 4) is 0 Å². The highest BCUT2D eigenvalue weighted by atomic mass is 35.5. The number of nitrogens with zero attached hydrogens (tertiary/aromatic N) is 4. The molecular weight excluding hydrogens is 418 g/mol. The predicted octanol–water partition coefficient (Wildman–Crippen LogP) is 3.16. The minimum absolute atomic E-state index is 0.0626. The van der Waals surface area contributed by atoms with Crippen molar-refractivity contribution < 1.29 is 4.79 Å². The lowest BCUT2D eigenvalue weighted by Crippen LogP contribution is -2.37. The van der Waals surface area contributed by atoms with Crippen molar-refractivity contribution >= 4 is 40.4 Å². The molecule has 31 heavy (non-hydrogen) atoms. The first-order chi connectivity index (χ1) is 14.9. The molecule has 3 aromatic rings. The second kappa shape index (κ2) is 7.49. The zero-order valence-corrected chi connectivity index (χ0v) is 17.9. The molecule has 3 heterocycles. The molecule has 0 radical (unpaired) electrons. The summed E-state index contributed by atoms with van der Waals surface area (Å²) in [5.74, 6) is 1.62. The van der Waals surface area contributed by atoms with E-state index in [1.165, 1.54) is 0 Å². The Kier molecular flexibility index (Phi) is 4.77. The topological polar surface area (TPSA) is 116 Å². The average molecular weight is 440 g/mol. The van der Waals surface area contributed by atoms with Gasteiger partial charge < -0.3 is 15.6 Å². The van der Waals surface area contributed by atoms with Gasteiger partial charge in [0.15, 0.2) is 0 Å². The summed E-state index contributed by atoms with van der Waals surface area (Å²) in [5, 5.41) is 7.50. The van der Waals surface area contributed by atoms with E-state index in [-0.39, 0.29) is 23.7 Å². The Bertz CT molecular complexity index is 1240. The van der Waals surface area contributed by atoms with E-state index in [1.807, 2.05) is 13.0 Å². The molecule has 2 fully saturated rings. The molecule has 9 nitrogen and oxygen atoms in total. The highest BCUT2D eigenvalue weighted by Gasteiger charge is 2.43. The van der Waals surface area contributed by atoms with Crippen LogP contribution in [0.1, 0.15) is 37.2 Å². The first kappa shape index (κ1) is 19.7. The van der Waals surface area contributed by atoms with Crippen molar-refractivity contribution in [3.05, 3.63) is 51.0 Å². The number of halogens is 1. The number of hydrogen-bond donors (Lipinski definition) is 3. The molecule has 1 aromatic carbocycles. The number of aryl methyl sites for hydroxylation is 1. The maximum atomic E-state index is 12.6. The fourth-order valence-electron chi connectivity index (χ4n) is 4.04. The number of aromatic amines is 1. The molecule has 0 bridgehead atoms. The largest absolute Gasteiger partial charge is 0.347 e. The monoisotopic (exact) mass is 439 g/mol. The van der Waals surface area contributed by atoms with Crippen LogP contribution in [0, 0.1) is 12.8 Å². The number of rotatable bonds is 5. The van der Waals surface area contributed by atoms with E-state index in [4.69, 9.17) is 11.6 Å². The van der Waals surface area contributed by atoms with Gasteiger partial charge in [-0.05, 0) is 56.9 Å². The normalized spacial score (nSPS) is 19.5. The third-order valence-corrected chi connectivity index (χ3v) is 6.01. The van der Waals surface area contributed by atoms with Gasteiger partial charge in [0.25, 0.3) is 5.56 Å². The van der Waals surface area contributed by atoms with Crippen LogP contribution in [-0.4, -0.2) is 38.6 Å². The zero-order valence-electron chi connectivity index (χ0n) is 17.1. The number of amides is 2. The summed E-state index contributed by atoms with van der Waals surface area (Å²) in [4.78, 5) is 42.8. The molecule has 5 rings (SSSR count). The third-order valence-electron chi connectivity index (χ3n) is 5.78. The second-order valence-corrected chi connectivity index (χ2v) is 8.55. The molecule has 1 aliphatic heterocycles. The van der Waals surface area contributed by atoms with E-state index in [0.29, 0.717) is 40.8 Å². The number of anilines is 2. The molecule has 1 saturated carbocycles. The number of urea groups is 1. The van der Waals surface area contributed by atoms with Crippen molar-refractivity contribution in [3.63, 3.8) is 0 Å². The van der Waals surface area contributed by atoms with Gasteiger partial charge >= 0.3 is 6.03 Å². The zero-order chi connectivity index (χ0) is 21.7. The summed E-state index contributed by atoms with van der Waals surface area (Å²) in [6.45, 7) is 4.21. The molecule has 0 unspecified atom stereocenters. The number of benzene rings is 1. The summed E-state index contributed by atoms with van der Waals surface area (Å²) in [5.41, 5.74) is 1.05. The van der Waals surface area contributed by atoms with E-state index in [0.717, 1.165) is 23.7 Å². The highest BCUT2D eigenvalue weighted by molar-refractivity contribution is 6.31. The first-order valence-electron chi connectivity index (χ1n) is 10.3. The lowest BCUT2D eigenvalue weighted by Gasteiger charge is -2.22. The Labute approximate surface area is 183 Å². The molecule has 160 valence electrons. The number of hydrogen-bond acceptors (Lipinski definition) is 6.